The number of carbonyl (C=O) groups is 2. The quantitative estimate of drug-likeness (QED) is 0.807. The summed E-state index contributed by atoms with van der Waals surface area (Å²) in [5, 5.41) is 2.64. The smallest absolute Gasteiger partial charge is 0.313 e. The molecule has 1 heterocycles. The summed E-state index contributed by atoms with van der Waals surface area (Å²) in [5.41, 5.74) is 0.623. The van der Waals surface area contributed by atoms with Crippen molar-refractivity contribution in [2.45, 2.75) is 32.2 Å². The normalized spacial score (nSPS) is 19.1. The summed E-state index contributed by atoms with van der Waals surface area (Å²) in [5.74, 6) is -1.00. The fraction of sp³-hybridized carbons (Fsp3) is 0.429. The highest BCUT2D eigenvalue weighted by atomic mass is 79.9. The number of hydrogen-bond acceptors (Lipinski definition) is 2. The van der Waals surface area contributed by atoms with Crippen molar-refractivity contribution in [1.82, 2.24) is 4.90 Å². The first-order valence-corrected chi connectivity index (χ1v) is 7.25. The molecule has 1 atom stereocenters. The van der Waals surface area contributed by atoms with Crippen LogP contribution in [-0.4, -0.2) is 29.3 Å². The molecule has 1 aliphatic heterocycles. The maximum absolute atomic E-state index is 12.1. The second-order valence-corrected chi connectivity index (χ2v) is 5.72. The molecule has 0 spiro atoms. The molecule has 1 fully saturated rings. The van der Waals surface area contributed by atoms with Gasteiger partial charge in [0.2, 0.25) is 0 Å². The van der Waals surface area contributed by atoms with Crippen molar-refractivity contribution in [2.24, 2.45) is 0 Å². The van der Waals surface area contributed by atoms with E-state index in [1.807, 2.05) is 19.1 Å². The summed E-state index contributed by atoms with van der Waals surface area (Å²) in [6.07, 6.45) is 3.06. The molecule has 19 heavy (non-hydrogen) atoms. The SMILES string of the molecule is CC1CCCCN1C(=O)C(=O)Nc1cccc(Br)c1. The van der Waals surface area contributed by atoms with Crippen LogP contribution < -0.4 is 5.32 Å². The first kappa shape index (κ1) is 14.1. The van der Waals surface area contributed by atoms with E-state index in [1.54, 1.807) is 17.0 Å². The maximum Gasteiger partial charge on any atom is 0.313 e. The molecular formula is C14H17BrN2O2. The first-order valence-electron chi connectivity index (χ1n) is 6.45. The third-order valence-electron chi connectivity index (χ3n) is 3.34. The Morgan fingerprint density at radius 2 is 2.16 bits per heavy atom. The molecule has 1 aromatic carbocycles. The monoisotopic (exact) mass is 324 g/mol. The van der Waals surface area contributed by atoms with Crippen molar-refractivity contribution in [3.8, 4) is 0 Å². The highest BCUT2D eigenvalue weighted by molar-refractivity contribution is 9.10. The number of anilines is 1. The van der Waals surface area contributed by atoms with Gasteiger partial charge in [-0.1, -0.05) is 22.0 Å². The average molecular weight is 325 g/mol. The van der Waals surface area contributed by atoms with Gasteiger partial charge in [-0.25, -0.2) is 0 Å². The Morgan fingerprint density at radius 3 is 2.84 bits per heavy atom. The van der Waals surface area contributed by atoms with E-state index in [2.05, 4.69) is 21.2 Å². The van der Waals surface area contributed by atoms with Gasteiger partial charge in [0, 0.05) is 22.7 Å². The molecule has 5 heteroatoms. The van der Waals surface area contributed by atoms with E-state index >= 15 is 0 Å². The van der Waals surface area contributed by atoms with Crippen LogP contribution in [0.5, 0.6) is 0 Å². The highest BCUT2D eigenvalue weighted by Crippen LogP contribution is 2.18. The lowest BCUT2D eigenvalue weighted by atomic mass is 10.0. The van der Waals surface area contributed by atoms with Crippen LogP contribution in [0.15, 0.2) is 28.7 Å². The summed E-state index contributed by atoms with van der Waals surface area (Å²) in [6.45, 7) is 2.66. The Bertz CT molecular complexity index is 490. The lowest BCUT2D eigenvalue weighted by Crippen LogP contribution is -2.47. The Kier molecular flexibility index (Phi) is 4.58. The van der Waals surface area contributed by atoms with Gasteiger partial charge in [-0.2, -0.15) is 0 Å². The van der Waals surface area contributed by atoms with Crippen LogP contribution in [0, 0.1) is 0 Å². The minimum atomic E-state index is -0.563. The number of halogens is 1. The second-order valence-electron chi connectivity index (χ2n) is 4.81. The molecule has 4 nitrogen and oxygen atoms in total. The van der Waals surface area contributed by atoms with Gasteiger partial charge in [-0.15, -0.1) is 0 Å². The van der Waals surface area contributed by atoms with Gasteiger partial charge in [0.15, 0.2) is 0 Å². The zero-order valence-electron chi connectivity index (χ0n) is 10.9. The van der Waals surface area contributed by atoms with Crippen LogP contribution in [0.3, 0.4) is 0 Å². The van der Waals surface area contributed by atoms with E-state index in [9.17, 15) is 9.59 Å². The van der Waals surface area contributed by atoms with Crippen molar-refractivity contribution in [3.05, 3.63) is 28.7 Å². The number of rotatable bonds is 1. The number of nitrogens with zero attached hydrogens (tertiary/aromatic N) is 1. The summed E-state index contributed by atoms with van der Waals surface area (Å²) in [7, 11) is 0. The lowest BCUT2D eigenvalue weighted by molar-refractivity contribution is -0.145. The summed E-state index contributed by atoms with van der Waals surface area (Å²) < 4.78 is 0.865. The van der Waals surface area contributed by atoms with Crippen LogP contribution in [-0.2, 0) is 9.59 Å². The molecule has 2 rings (SSSR count). The maximum atomic E-state index is 12.1. The fourth-order valence-corrected chi connectivity index (χ4v) is 2.68. The molecular weight excluding hydrogens is 308 g/mol. The summed E-state index contributed by atoms with van der Waals surface area (Å²) >= 11 is 3.33. The van der Waals surface area contributed by atoms with E-state index in [0.717, 1.165) is 23.7 Å². The van der Waals surface area contributed by atoms with Gasteiger partial charge in [0.1, 0.15) is 0 Å². The van der Waals surface area contributed by atoms with Gasteiger partial charge < -0.3 is 10.2 Å². The summed E-state index contributed by atoms with van der Waals surface area (Å²) in [4.78, 5) is 25.7. The Hall–Kier alpha value is -1.36. The van der Waals surface area contributed by atoms with Gasteiger partial charge >= 0.3 is 11.8 Å². The summed E-state index contributed by atoms with van der Waals surface area (Å²) in [6, 6.07) is 7.35. The highest BCUT2D eigenvalue weighted by Gasteiger charge is 2.28. The molecule has 1 aromatic rings. The predicted octanol–water partition coefficient (Wildman–Crippen LogP) is 2.79. The number of amides is 2. The molecule has 1 saturated heterocycles. The fourth-order valence-electron chi connectivity index (χ4n) is 2.28. The largest absolute Gasteiger partial charge is 0.332 e. The lowest BCUT2D eigenvalue weighted by Gasteiger charge is -2.32. The molecule has 0 saturated carbocycles. The zero-order valence-corrected chi connectivity index (χ0v) is 12.4. The number of likely N-dealkylation sites (tertiary alicyclic amines) is 1. The van der Waals surface area contributed by atoms with Crippen LogP contribution in [0.25, 0.3) is 0 Å². The third-order valence-corrected chi connectivity index (χ3v) is 3.83. The van der Waals surface area contributed by atoms with Crippen molar-refractivity contribution in [1.29, 1.82) is 0 Å². The van der Waals surface area contributed by atoms with E-state index in [1.165, 1.54) is 0 Å². The third kappa shape index (κ3) is 3.56. The Labute approximate surface area is 121 Å². The van der Waals surface area contributed by atoms with Crippen molar-refractivity contribution in [3.63, 3.8) is 0 Å². The van der Waals surface area contributed by atoms with E-state index in [0.29, 0.717) is 12.2 Å². The topological polar surface area (TPSA) is 49.4 Å². The minimum Gasteiger partial charge on any atom is -0.332 e. The van der Waals surface area contributed by atoms with Gasteiger partial charge in [0.25, 0.3) is 0 Å². The van der Waals surface area contributed by atoms with Crippen LogP contribution >= 0.6 is 15.9 Å². The van der Waals surface area contributed by atoms with Gasteiger partial charge in [-0.3, -0.25) is 9.59 Å². The number of hydrogen-bond donors (Lipinski definition) is 1. The molecule has 0 aliphatic carbocycles. The molecule has 0 aromatic heterocycles. The molecule has 1 N–H and O–H groups in total. The molecule has 1 aliphatic rings. The zero-order chi connectivity index (χ0) is 13.8. The standard InChI is InChI=1S/C14H17BrN2O2/c1-10-5-2-3-8-17(10)14(19)13(18)16-12-7-4-6-11(15)9-12/h4,6-7,9-10H,2-3,5,8H2,1H3,(H,16,18). The van der Waals surface area contributed by atoms with Crippen molar-refractivity contribution < 1.29 is 9.59 Å². The molecule has 1 unspecified atom stereocenters. The second kappa shape index (κ2) is 6.19. The van der Waals surface area contributed by atoms with Gasteiger partial charge in [-0.05, 0) is 44.4 Å². The minimum absolute atomic E-state index is 0.148. The molecule has 2 amide bonds. The van der Waals surface area contributed by atoms with Crippen molar-refractivity contribution >= 4 is 33.4 Å². The number of benzene rings is 1. The number of piperidine rings is 1. The van der Waals surface area contributed by atoms with Crippen LogP contribution in [0.4, 0.5) is 5.69 Å². The Morgan fingerprint density at radius 1 is 1.37 bits per heavy atom. The van der Waals surface area contributed by atoms with E-state index < -0.39 is 11.8 Å². The number of nitrogens with one attached hydrogen (secondary N) is 1. The van der Waals surface area contributed by atoms with E-state index in [4.69, 9.17) is 0 Å². The molecule has 0 radical (unpaired) electrons. The average Bonchev–Trinajstić information content (AvgIpc) is 2.38. The number of carbonyl (C=O) groups excluding carboxylic acids is 2. The predicted molar refractivity (Wildman–Crippen MR) is 77.8 cm³/mol. The molecule has 102 valence electrons. The van der Waals surface area contributed by atoms with Crippen molar-refractivity contribution in [2.75, 3.05) is 11.9 Å². The first-order chi connectivity index (χ1) is 9.08. The van der Waals surface area contributed by atoms with Gasteiger partial charge in [0.05, 0.1) is 0 Å². The Balaban J connectivity index is 2.01. The van der Waals surface area contributed by atoms with E-state index in [-0.39, 0.29) is 6.04 Å². The van der Waals surface area contributed by atoms with Crippen LogP contribution in [0.2, 0.25) is 0 Å². The van der Waals surface area contributed by atoms with Crippen LogP contribution in [0.1, 0.15) is 26.2 Å². The molecule has 0 bridgehead atoms.